The molecule has 1 aromatic heterocycles. The number of urea groups is 1. The number of ether oxygens (including phenoxy) is 1. The lowest BCUT2D eigenvalue weighted by Crippen LogP contribution is -2.31. The molecule has 1 saturated carbocycles. The van der Waals surface area contributed by atoms with Crippen LogP contribution in [0, 0.1) is 0 Å². The van der Waals surface area contributed by atoms with Gasteiger partial charge in [-0.1, -0.05) is 6.07 Å². The summed E-state index contributed by atoms with van der Waals surface area (Å²) in [5.41, 5.74) is 0.415. The first-order chi connectivity index (χ1) is 12.1. The van der Waals surface area contributed by atoms with Crippen LogP contribution < -0.4 is 21.1 Å². The van der Waals surface area contributed by atoms with Gasteiger partial charge in [0.1, 0.15) is 11.6 Å². The maximum atomic E-state index is 12.0. The van der Waals surface area contributed by atoms with E-state index < -0.39 is 0 Å². The average Bonchev–Trinajstić information content (AvgIpc) is 3.20. The number of aromatic nitrogens is 3. The lowest BCUT2D eigenvalue weighted by Gasteiger charge is -2.14. The van der Waals surface area contributed by atoms with Gasteiger partial charge in [0.05, 0.1) is 6.10 Å². The maximum absolute atomic E-state index is 12.0. The fourth-order valence-electron chi connectivity index (χ4n) is 2.91. The van der Waals surface area contributed by atoms with Gasteiger partial charge in [-0.2, -0.15) is 5.10 Å². The lowest BCUT2D eigenvalue weighted by molar-refractivity contribution is 0.210. The second kappa shape index (κ2) is 7.87. The molecular weight excluding hydrogens is 322 g/mol. The van der Waals surface area contributed by atoms with E-state index in [4.69, 9.17) is 4.74 Å². The summed E-state index contributed by atoms with van der Waals surface area (Å²) < 4.78 is 7.36. The fraction of sp³-hybridized carbons (Fsp3) is 0.471. The maximum Gasteiger partial charge on any atom is 0.343 e. The summed E-state index contributed by atoms with van der Waals surface area (Å²) in [6.45, 7) is 0.377. The van der Waals surface area contributed by atoms with Gasteiger partial charge in [0, 0.05) is 31.8 Å². The van der Waals surface area contributed by atoms with Crippen molar-refractivity contribution in [1.29, 1.82) is 0 Å². The molecule has 1 aromatic carbocycles. The fourth-order valence-corrected chi connectivity index (χ4v) is 2.91. The molecule has 25 heavy (non-hydrogen) atoms. The number of anilines is 1. The molecule has 2 aromatic rings. The van der Waals surface area contributed by atoms with Crippen molar-refractivity contribution in [2.24, 2.45) is 7.05 Å². The summed E-state index contributed by atoms with van der Waals surface area (Å²) in [6.07, 6.45) is 5.36. The Bertz CT molecular complexity index is 777. The number of amides is 2. The number of carbonyl (C=O) groups is 1. The molecule has 0 radical (unpaired) electrons. The molecule has 1 fully saturated rings. The molecule has 1 aliphatic rings. The van der Waals surface area contributed by atoms with Crippen LogP contribution in [0.1, 0.15) is 31.5 Å². The van der Waals surface area contributed by atoms with Crippen LogP contribution in [0.4, 0.5) is 10.5 Å². The Labute approximate surface area is 145 Å². The molecule has 1 aliphatic carbocycles. The smallest absolute Gasteiger partial charge is 0.343 e. The monoisotopic (exact) mass is 345 g/mol. The summed E-state index contributed by atoms with van der Waals surface area (Å²) in [6, 6.07) is 7.10. The summed E-state index contributed by atoms with van der Waals surface area (Å²) in [5.74, 6) is 1.37. The van der Waals surface area contributed by atoms with E-state index in [1.54, 1.807) is 7.05 Å². The van der Waals surface area contributed by atoms with Crippen LogP contribution in [-0.2, 0) is 13.5 Å². The summed E-state index contributed by atoms with van der Waals surface area (Å²) in [5, 5.41) is 11.8. The van der Waals surface area contributed by atoms with Gasteiger partial charge in [0.15, 0.2) is 0 Å². The molecule has 3 rings (SSSR count). The molecular formula is C17H23N5O3. The Hall–Kier alpha value is -2.77. The summed E-state index contributed by atoms with van der Waals surface area (Å²) in [4.78, 5) is 23.3. The van der Waals surface area contributed by atoms with Crippen LogP contribution in [0.5, 0.6) is 5.75 Å². The van der Waals surface area contributed by atoms with Crippen molar-refractivity contribution in [1.82, 2.24) is 20.1 Å². The average molecular weight is 345 g/mol. The van der Waals surface area contributed by atoms with Gasteiger partial charge in [-0.05, 0) is 37.8 Å². The third-order valence-corrected chi connectivity index (χ3v) is 4.30. The number of rotatable bonds is 6. The van der Waals surface area contributed by atoms with Crippen LogP contribution >= 0.6 is 0 Å². The van der Waals surface area contributed by atoms with E-state index in [0.717, 1.165) is 18.6 Å². The van der Waals surface area contributed by atoms with E-state index in [1.807, 2.05) is 24.3 Å². The summed E-state index contributed by atoms with van der Waals surface area (Å²) >= 11 is 0. The van der Waals surface area contributed by atoms with Crippen molar-refractivity contribution in [3.05, 3.63) is 40.6 Å². The Morgan fingerprint density at radius 1 is 1.40 bits per heavy atom. The third kappa shape index (κ3) is 4.62. The number of nitrogens with zero attached hydrogens (tertiary/aromatic N) is 2. The standard InChI is InChI=1S/C17H23N5O3/c1-22-15(20-21-17(22)24)9-10-18-16(23)19-12-5-4-8-14(11-12)25-13-6-2-3-7-13/h4-5,8,11,13H,2-3,6-7,9-10H2,1H3,(H,21,24)(H2,18,19,23). The number of H-pyrrole nitrogens is 1. The highest BCUT2D eigenvalue weighted by molar-refractivity contribution is 5.89. The minimum Gasteiger partial charge on any atom is -0.490 e. The van der Waals surface area contributed by atoms with E-state index in [1.165, 1.54) is 17.4 Å². The van der Waals surface area contributed by atoms with Crippen molar-refractivity contribution in [2.75, 3.05) is 11.9 Å². The Morgan fingerprint density at radius 3 is 2.92 bits per heavy atom. The number of hydrogen-bond acceptors (Lipinski definition) is 4. The first-order valence-electron chi connectivity index (χ1n) is 8.53. The number of hydrogen-bond donors (Lipinski definition) is 3. The van der Waals surface area contributed by atoms with E-state index in [2.05, 4.69) is 20.8 Å². The molecule has 0 spiro atoms. The first kappa shape index (κ1) is 17.1. The Kier molecular flexibility index (Phi) is 5.37. The second-order valence-electron chi connectivity index (χ2n) is 6.19. The number of benzene rings is 1. The summed E-state index contributed by atoms with van der Waals surface area (Å²) in [7, 11) is 1.64. The third-order valence-electron chi connectivity index (χ3n) is 4.30. The van der Waals surface area contributed by atoms with Crippen molar-refractivity contribution in [3.8, 4) is 5.75 Å². The van der Waals surface area contributed by atoms with Crippen LogP contribution in [-0.4, -0.2) is 33.4 Å². The van der Waals surface area contributed by atoms with Crippen LogP contribution in [0.15, 0.2) is 29.1 Å². The quantitative estimate of drug-likeness (QED) is 0.743. The van der Waals surface area contributed by atoms with Crippen LogP contribution in [0.2, 0.25) is 0 Å². The molecule has 0 atom stereocenters. The minimum absolute atomic E-state index is 0.265. The second-order valence-corrected chi connectivity index (χ2v) is 6.19. The Balaban J connectivity index is 1.47. The molecule has 1 heterocycles. The molecule has 3 N–H and O–H groups in total. The molecule has 134 valence electrons. The number of carbonyl (C=O) groups excluding carboxylic acids is 1. The van der Waals surface area contributed by atoms with E-state index in [9.17, 15) is 9.59 Å². The van der Waals surface area contributed by atoms with Gasteiger partial charge in [0.2, 0.25) is 0 Å². The molecule has 2 amide bonds. The normalized spacial score (nSPS) is 14.4. The minimum atomic E-state index is -0.307. The van der Waals surface area contributed by atoms with E-state index in [0.29, 0.717) is 24.5 Å². The first-order valence-corrected chi connectivity index (χ1v) is 8.53. The van der Waals surface area contributed by atoms with Crippen LogP contribution in [0.25, 0.3) is 0 Å². The van der Waals surface area contributed by atoms with Gasteiger partial charge in [-0.3, -0.25) is 4.57 Å². The zero-order valence-electron chi connectivity index (χ0n) is 14.2. The van der Waals surface area contributed by atoms with Crippen molar-refractivity contribution >= 4 is 11.7 Å². The molecule has 8 heteroatoms. The zero-order chi connectivity index (χ0) is 17.6. The molecule has 8 nitrogen and oxygen atoms in total. The van der Waals surface area contributed by atoms with Gasteiger partial charge in [-0.25, -0.2) is 14.7 Å². The molecule has 0 saturated heterocycles. The van der Waals surface area contributed by atoms with Crippen molar-refractivity contribution < 1.29 is 9.53 Å². The lowest BCUT2D eigenvalue weighted by atomic mass is 10.2. The van der Waals surface area contributed by atoms with Gasteiger partial charge in [0.25, 0.3) is 0 Å². The number of aromatic amines is 1. The highest BCUT2D eigenvalue weighted by Crippen LogP contribution is 2.25. The van der Waals surface area contributed by atoms with Gasteiger partial charge in [-0.15, -0.1) is 0 Å². The van der Waals surface area contributed by atoms with Crippen LogP contribution in [0.3, 0.4) is 0 Å². The molecule has 0 unspecified atom stereocenters. The van der Waals surface area contributed by atoms with Gasteiger partial charge < -0.3 is 15.4 Å². The zero-order valence-corrected chi connectivity index (χ0v) is 14.2. The van der Waals surface area contributed by atoms with E-state index >= 15 is 0 Å². The molecule has 0 aliphatic heterocycles. The van der Waals surface area contributed by atoms with E-state index in [-0.39, 0.29) is 17.8 Å². The highest BCUT2D eigenvalue weighted by Gasteiger charge is 2.16. The Morgan fingerprint density at radius 2 is 2.20 bits per heavy atom. The van der Waals surface area contributed by atoms with Gasteiger partial charge >= 0.3 is 11.7 Å². The topological polar surface area (TPSA) is 101 Å². The van der Waals surface area contributed by atoms with Crippen molar-refractivity contribution in [2.45, 2.75) is 38.2 Å². The highest BCUT2D eigenvalue weighted by atomic mass is 16.5. The predicted octanol–water partition coefficient (Wildman–Crippen LogP) is 1.79. The largest absolute Gasteiger partial charge is 0.490 e. The predicted molar refractivity (Wildman–Crippen MR) is 93.9 cm³/mol. The number of nitrogens with one attached hydrogen (secondary N) is 3. The SMILES string of the molecule is Cn1c(CCNC(=O)Nc2cccc(OC3CCCC3)c2)n[nH]c1=O. The van der Waals surface area contributed by atoms with Crippen molar-refractivity contribution in [3.63, 3.8) is 0 Å². The molecule has 0 bridgehead atoms.